The molecule has 0 spiro atoms. The standard InChI is InChI=1S/C14H16N2O4/c17-14-7-18-13-6-16(5-10(13)15-14)4-9-1-2-11-12(3-9)20-8-19-11/h1-3,10,13H,4-8H2,(H,15,17)/t10-,13-/m1/s1. The van der Waals surface area contributed by atoms with Crippen molar-refractivity contribution in [3.05, 3.63) is 23.8 Å². The summed E-state index contributed by atoms with van der Waals surface area (Å²) in [5, 5.41) is 2.99. The number of hydrogen-bond acceptors (Lipinski definition) is 5. The molecule has 0 saturated carbocycles. The molecular formula is C14H16N2O4. The Morgan fingerprint density at radius 2 is 2.15 bits per heavy atom. The van der Waals surface area contributed by atoms with E-state index < -0.39 is 0 Å². The van der Waals surface area contributed by atoms with E-state index in [4.69, 9.17) is 14.2 Å². The maximum atomic E-state index is 11.3. The van der Waals surface area contributed by atoms with Gasteiger partial charge in [0.1, 0.15) is 6.61 Å². The third-order valence-corrected chi connectivity index (χ3v) is 3.96. The van der Waals surface area contributed by atoms with Crippen molar-refractivity contribution in [1.82, 2.24) is 10.2 Å². The van der Waals surface area contributed by atoms with Crippen molar-refractivity contribution < 1.29 is 19.0 Å². The number of carbonyl (C=O) groups excluding carboxylic acids is 1. The summed E-state index contributed by atoms with van der Waals surface area (Å²) in [6.07, 6.45) is 0.113. The van der Waals surface area contributed by atoms with Gasteiger partial charge >= 0.3 is 0 Å². The minimum atomic E-state index is -0.0174. The second-order valence-electron chi connectivity index (χ2n) is 5.41. The van der Waals surface area contributed by atoms with Crippen molar-refractivity contribution in [2.75, 3.05) is 26.5 Å². The Bertz CT molecular complexity index is 548. The molecule has 2 saturated heterocycles. The topological polar surface area (TPSA) is 60.0 Å². The summed E-state index contributed by atoms with van der Waals surface area (Å²) in [5.74, 6) is 1.60. The number of morpholine rings is 1. The summed E-state index contributed by atoms with van der Waals surface area (Å²) in [4.78, 5) is 13.6. The van der Waals surface area contributed by atoms with Gasteiger partial charge in [-0.2, -0.15) is 0 Å². The number of carbonyl (C=O) groups is 1. The van der Waals surface area contributed by atoms with Crippen LogP contribution < -0.4 is 14.8 Å². The van der Waals surface area contributed by atoms with E-state index in [0.29, 0.717) is 6.79 Å². The van der Waals surface area contributed by atoms with Crippen LogP contribution in [0.25, 0.3) is 0 Å². The number of nitrogens with one attached hydrogen (secondary N) is 1. The number of ether oxygens (including phenoxy) is 3. The molecule has 3 aliphatic heterocycles. The Balaban J connectivity index is 1.44. The first-order valence-electron chi connectivity index (χ1n) is 6.80. The van der Waals surface area contributed by atoms with Crippen LogP contribution in [0.15, 0.2) is 18.2 Å². The first kappa shape index (κ1) is 12.0. The molecule has 2 atom stereocenters. The summed E-state index contributed by atoms with van der Waals surface area (Å²) in [6, 6.07) is 6.13. The molecule has 3 heterocycles. The zero-order chi connectivity index (χ0) is 13.5. The molecule has 0 bridgehead atoms. The lowest BCUT2D eigenvalue weighted by Gasteiger charge is -2.25. The normalized spacial score (nSPS) is 28.3. The lowest BCUT2D eigenvalue weighted by Crippen LogP contribution is -2.50. The lowest BCUT2D eigenvalue weighted by atomic mass is 10.2. The first-order valence-corrected chi connectivity index (χ1v) is 6.80. The summed E-state index contributed by atoms with van der Waals surface area (Å²) in [7, 11) is 0. The maximum Gasteiger partial charge on any atom is 0.246 e. The van der Waals surface area contributed by atoms with Crippen molar-refractivity contribution >= 4 is 5.91 Å². The van der Waals surface area contributed by atoms with E-state index >= 15 is 0 Å². The number of hydrogen-bond donors (Lipinski definition) is 1. The fourth-order valence-electron chi connectivity index (χ4n) is 3.02. The molecular weight excluding hydrogens is 260 g/mol. The predicted molar refractivity (Wildman–Crippen MR) is 69.5 cm³/mol. The predicted octanol–water partition coefficient (Wildman–Crippen LogP) is 0.114. The van der Waals surface area contributed by atoms with Gasteiger partial charge in [-0.05, 0) is 17.7 Å². The van der Waals surface area contributed by atoms with Crippen molar-refractivity contribution in [3.8, 4) is 11.5 Å². The van der Waals surface area contributed by atoms with Crippen LogP contribution in [0.5, 0.6) is 11.5 Å². The molecule has 1 N–H and O–H groups in total. The van der Waals surface area contributed by atoms with Crippen LogP contribution in [0.4, 0.5) is 0 Å². The van der Waals surface area contributed by atoms with Gasteiger partial charge in [-0.25, -0.2) is 0 Å². The van der Waals surface area contributed by atoms with E-state index in [0.717, 1.165) is 31.1 Å². The Kier molecular flexibility index (Phi) is 2.78. The van der Waals surface area contributed by atoms with E-state index in [1.54, 1.807) is 0 Å². The quantitative estimate of drug-likeness (QED) is 0.831. The average Bonchev–Trinajstić information content (AvgIpc) is 3.03. The number of nitrogens with zero attached hydrogens (tertiary/aromatic N) is 1. The molecule has 6 nitrogen and oxygen atoms in total. The largest absolute Gasteiger partial charge is 0.454 e. The highest BCUT2D eigenvalue weighted by molar-refractivity contribution is 5.78. The van der Waals surface area contributed by atoms with Crippen molar-refractivity contribution in [2.45, 2.75) is 18.7 Å². The second-order valence-corrected chi connectivity index (χ2v) is 5.41. The van der Waals surface area contributed by atoms with Gasteiger partial charge in [0, 0.05) is 19.6 Å². The molecule has 0 radical (unpaired) electrons. The van der Waals surface area contributed by atoms with Crippen LogP contribution in [0, 0.1) is 0 Å². The van der Waals surface area contributed by atoms with Gasteiger partial charge in [-0.3, -0.25) is 9.69 Å². The summed E-state index contributed by atoms with van der Waals surface area (Å²) in [6.45, 7) is 2.97. The Morgan fingerprint density at radius 3 is 3.10 bits per heavy atom. The van der Waals surface area contributed by atoms with Crippen LogP contribution in [0.1, 0.15) is 5.56 Å². The molecule has 1 aromatic carbocycles. The number of amides is 1. The molecule has 2 fully saturated rings. The fourth-order valence-corrected chi connectivity index (χ4v) is 3.02. The number of fused-ring (bicyclic) bond motifs is 2. The fraction of sp³-hybridized carbons (Fsp3) is 0.500. The van der Waals surface area contributed by atoms with Gasteiger partial charge in [0.25, 0.3) is 0 Å². The molecule has 0 aliphatic carbocycles. The van der Waals surface area contributed by atoms with Gasteiger partial charge in [0.05, 0.1) is 12.1 Å². The van der Waals surface area contributed by atoms with Crippen LogP contribution in [0.3, 0.4) is 0 Å². The zero-order valence-electron chi connectivity index (χ0n) is 11.0. The molecule has 1 aromatic rings. The zero-order valence-corrected chi connectivity index (χ0v) is 11.0. The molecule has 4 rings (SSSR count). The maximum absolute atomic E-state index is 11.3. The highest BCUT2D eigenvalue weighted by atomic mass is 16.7. The third-order valence-electron chi connectivity index (χ3n) is 3.96. The Labute approximate surface area is 116 Å². The number of benzene rings is 1. The molecule has 0 unspecified atom stereocenters. The minimum Gasteiger partial charge on any atom is -0.454 e. The highest BCUT2D eigenvalue weighted by Gasteiger charge is 2.37. The Morgan fingerprint density at radius 1 is 1.25 bits per heavy atom. The van der Waals surface area contributed by atoms with Gasteiger partial charge in [-0.15, -0.1) is 0 Å². The molecule has 1 amide bonds. The minimum absolute atomic E-state index is 0.0174. The number of rotatable bonds is 2. The van der Waals surface area contributed by atoms with E-state index in [2.05, 4.69) is 16.3 Å². The molecule has 6 heteroatoms. The van der Waals surface area contributed by atoms with Crippen LogP contribution in [-0.2, 0) is 16.1 Å². The first-order chi connectivity index (χ1) is 9.78. The van der Waals surface area contributed by atoms with Gasteiger partial charge in [-0.1, -0.05) is 6.07 Å². The Hall–Kier alpha value is -1.79. The van der Waals surface area contributed by atoms with E-state index in [-0.39, 0.29) is 24.7 Å². The monoisotopic (exact) mass is 276 g/mol. The van der Waals surface area contributed by atoms with Crippen molar-refractivity contribution in [2.24, 2.45) is 0 Å². The SMILES string of the molecule is O=C1CO[C@@H]2CN(Cc3ccc4c(c3)OCO4)C[C@H]2N1. The van der Waals surface area contributed by atoms with E-state index in [1.165, 1.54) is 5.56 Å². The molecule has 20 heavy (non-hydrogen) atoms. The van der Waals surface area contributed by atoms with Crippen molar-refractivity contribution in [3.63, 3.8) is 0 Å². The van der Waals surface area contributed by atoms with Gasteiger partial charge < -0.3 is 19.5 Å². The summed E-state index contributed by atoms with van der Waals surface area (Å²) >= 11 is 0. The summed E-state index contributed by atoms with van der Waals surface area (Å²) in [5.41, 5.74) is 1.18. The highest BCUT2D eigenvalue weighted by Crippen LogP contribution is 2.33. The van der Waals surface area contributed by atoms with Crippen LogP contribution in [0.2, 0.25) is 0 Å². The van der Waals surface area contributed by atoms with Crippen LogP contribution >= 0.6 is 0 Å². The van der Waals surface area contributed by atoms with E-state index in [1.807, 2.05) is 12.1 Å². The third kappa shape index (κ3) is 2.10. The van der Waals surface area contributed by atoms with Crippen LogP contribution in [-0.4, -0.2) is 49.4 Å². The second kappa shape index (κ2) is 4.64. The average molecular weight is 276 g/mol. The van der Waals surface area contributed by atoms with E-state index in [9.17, 15) is 4.79 Å². The lowest BCUT2D eigenvalue weighted by molar-refractivity contribution is -0.134. The molecule has 3 aliphatic rings. The van der Waals surface area contributed by atoms with Crippen molar-refractivity contribution in [1.29, 1.82) is 0 Å². The smallest absolute Gasteiger partial charge is 0.246 e. The van der Waals surface area contributed by atoms with Gasteiger partial charge in [0.2, 0.25) is 12.7 Å². The van der Waals surface area contributed by atoms with Gasteiger partial charge in [0.15, 0.2) is 11.5 Å². The summed E-state index contributed by atoms with van der Waals surface area (Å²) < 4.78 is 16.3. The molecule has 0 aromatic heterocycles. The molecule has 106 valence electrons. The number of likely N-dealkylation sites (tertiary alicyclic amines) is 1.